The number of hydrogen-bond acceptors (Lipinski definition) is 3. The maximum atomic E-state index is 12.2. The Labute approximate surface area is 93.0 Å². The van der Waals surface area contributed by atoms with Crippen LogP contribution in [-0.4, -0.2) is 40.7 Å². The van der Waals surface area contributed by atoms with E-state index in [1.807, 2.05) is 11.6 Å². The molecule has 2 rings (SSSR count). The van der Waals surface area contributed by atoms with E-state index in [1.165, 1.54) is 0 Å². The summed E-state index contributed by atoms with van der Waals surface area (Å²) in [7, 11) is 0. The van der Waals surface area contributed by atoms with Gasteiger partial charge in [-0.15, -0.1) is 0 Å². The molecular formula is C10H16F2N4. The molecule has 1 aliphatic heterocycles. The van der Waals surface area contributed by atoms with E-state index in [0.717, 1.165) is 12.1 Å². The Morgan fingerprint density at radius 2 is 2.38 bits per heavy atom. The smallest absolute Gasteiger partial charge is 0.251 e. The Bertz CT molecular complexity index is 364. The molecule has 1 aromatic rings. The first-order valence-electron chi connectivity index (χ1n) is 5.38. The lowest BCUT2D eigenvalue weighted by atomic mass is 10.2. The molecule has 0 aromatic carbocycles. The van der Waals surface area contributed by atoms with Gasteiger partial charge in [0.05, 0.1) is 30.2 Å². The van der Waals surface area contributed by atoms with Gasteiger partial charge in [-0.3, -0.25) is 9.58 Å². The van der Waals surface area contributed by atoms with Gasteiger partial charge in [0.15, 0.2) is 0 Å². The average Bonchev–Trinajstić information content (AvgIpc) is 2.75. The number of likely N-dealkylation sites (tertiary alicyclic amines) is 1. The maximum Gasteiger partial charge on any atom is 0.251 e. The van der Waals surface area contributed by atoms with Crippen molar-refractivity contribution in [3.63, 3.8) is 0 Å². The van der Waals surface area contributed by atoms with Gasteiger partial charge < -0.3 is 5.73 Å². The van der Waals surface area contributed by atoms with Crippen LogP contribution in [-0.2, 0) is 0 Å². The third kappa shape index (κ3) is 2.16. The molecule has 1 fully saturated rings. The molecule has 0 amide bonds. The van der Waals surface area contributed by atoms with Crippen molar-refractivity contribution >= 4 is 5.69 Å². The summed E-state index contributed by atoms with van der Waals surface area (Å²) in [5.74, 6) is 0. The molecular weight excluding hydrogens is 214 g/mol. The third-order valence-electron chi connectivity index (χ3n) is 3.07. The van der Waals surface area contributed by atoms with Gasteiger partial charge in [0.25, 0.3) is 6.43 Å². The molecule has 0 saturated carbocycles. The van der Waals surface area contributed by atoms with E-state index in [-0.39, 0.29) is 12.6 Å². The molecule has 2 heterocycles. The number of hydrogen-bond donors (Lipinski definition) is 1. The molecule has 4 nitrogen and oxygen atoms in total. The zero-order valence-corrected chi connectivity index (χ0v) is 9.24. The van der Waals surface area contributed by atoms with Crippen LogP contribution in [0, 0.1) is 6.92 Å². The van der Waals surface area contributed by atoms with Crippen molar-refractivity contribution in [1.29, 1.82) is 0 Å². The number of anilines is 1. The van der Waals surface area contributed by atoms with Crippen molar-refractivity contribution < 1.29 is 8.78 Å². The molecule has 16 heavy (non-hydrogen) atoms. The number of alkyl halides is 2. The molecule has 0 unspecified atom stereocenters. The monoisotopic (exact) mass is 230 g/mol. The Morgan fingerprint density at radius 3 is 2.94 bits per heavy atom. The Balaban J connectivity index is 2.01. The van der Waals surface area contributed by atoms with Crippen molar-refractivity contribution in [2.75, 3.05) is 25.4 Å². The third-order valence-corrected chi connectivity index (χ3v) is 3.07. The first-order valence-corrected chi connectivity index (χ1v) is 5.38. The normalized spacial score (nSPS) is 22.1. The first kappa shape index (κ1) is 11.3. The van der Waals surface area contributed by atoms with Crippen LogP contribution in [0.25, 0.3) is 0 Å². The second-order valence-corrected chi connectivity index (χ2v) is 4.22. The van der Waals surface area contributed by atoms with Gasteiger partial charge in [-0.05, 0) is 13.3 Å². The highest BCUT2D eigenvalue weighted by Crippen LogP contribution is 2.24. The summed E-state index contributed by atoms with van der Waals surface area (Å²) in [6.45, 7) is 3.09. The molecule has 1 saturated heterocycles. The largest absolute Gasteiger partial charge is 0.396 e. The highest BCUT2D eigenvalue weighted by atomic mass is 19.3. The lowest BCUT2D eigenvalue weighted by Crippen LogP contribution is -2.27. The molecule has 90 valence electrons. The van der Waals surface area contributed by atoms with Crippen LogP contribution >= 0.6 is 0 Å². The van der Waals surface area contributed by atoms with Crippen molar-refractivity contribution in [3.8, 4) is 0 Å². The zero-order valence-electron chi connectivity index (χ0n) is 9.24. The van der Waals surface area contributed by atoms with Gasteiger partial charge >= 0.3 is 0 Å². The average molecular weight is 230 g/mol. The summed E-state index contributed by atoms with van der Waals surface area (Å²) in [6, 6.07) is 0.177. The van der Waals surface area contributed by atoms with E-state index < -0.39 is 6.43 Å². The molecule has 6 heteroatoms. The minimum Gasteiger partial charge on any atom is -0.396 e. The Hall–Kier alpha value is -1.17. The lowest BCUT2D eigenvalue weighted by Gasteiger charge is -2.16. The topological polar surface area (TPSA) is 47.1 Å². The van der Waals surface area contributed by atoms with Gasteiger partial charge in [0.2, 0.25) is 0 Å². The van der Waals surface area contributed by atoms with Crippen LogP contribution in [0.4, 0.5) is 14.5 Å². The molecule has 0 bridgehead atoms. The van der Waals surface area contributed by atoms with Gasteiger partial charge in [-0.1, -0.05) is 0 Å². The van der Waals surface area contributed by atoms with Crippen LogP contribution in [0.15, 0.2) is 6.20 Å². The van der Waals surface area contributed by atoms with E-state index in [0.29, 0.717) is 18.8 Å². The minimum atomic E-state index is -2.26. The van der Waals surface area contributed by atoms with Gasteiger partial charge in [0.1, 0.15) is 0 Å². The van der Waals surface area contributed by atoms with Crippen molar-refractivity contribution in [2.24, 2.45) is 0 Å². The predicted molar refractivity (Wildman–Crippen MR) is 57.5 cm³/mol. The van der Waals surface area contributed by atoms with Crippen LogP contribution in [0.3, 0.4) is 0 Å². The van der Waals surface area contributed by atoms with Crippen LogP contribution < -0.4 is 5.73 Å². The van der Waals surface area contributed by atoms with E-state index in [2.05, 4.69) is 5.10 Å². The molecule has 1 aliphatic rings. The number of aromatic nitrogens is 2. The van der Waals surface area contributed by atoms with E-state index >= 15 is 0 Å². The van der Waals surface area contributed by atoms with Gasteiger partial charge in [0, 0.05) is 13.1 Å². The Morgan fingerprint density at radius 1 is 1.62 bits per heavy atom. The second kappa shape index (κ2) is 4.37. The standard InChI is InChI=1S/C10H16F2N4/c1-7-9(13)4-14-16(7)8-2-3-15(5-8)6-10(11)12/h4,8,10H,2-3,5-6,13H2,1H3/t8-/m0/s1. The number of nitrogens with two attached hydrogens (primary N) is 1. The van der Waals surface area contributed by atoms with Gasteiger partial charge in [-0.2, -0.15) is 5.10 Å². The fourth-order valence-electron chi connectivity index (χ4n) is 2.18. The second-order valence-electron chi connectivity index (χ2n) is 4.22. The predicted octanol–water partition coefficient (Wildman–Crippen LogP) is 1.29. The highest BCUT2D eigenvalue weighted by molar-refractivity contribution is 5.39. The molecule has 2 N–H and O–H groups in total. The van der Waals surface area contributed by atoms with E-state index in [9.17, 15) is 8.78 Å². The molecule has 0 spiro atoms. The summed E-state index contributed by atoms with van der Waals surface area (Å²) in [4.78, 5) is 1.77. The summed E-state index contributed by atoms with van der Waals surface area (Å²) in [5.41, 5.74) is 7.29. The van der Waals surface area contributed by atoms with Crippen LogP contribution in [0.2, 0.25) is 0 Å². The fraction of sp³-hybridized carbons (Fsp3) is 0.700. The van der Waals surface area contributed by atoms with Crippen LogP contribution in [0.1, 0.15) is 18.2 Å². The van der Waals surface area contributed by atoms with Gasteiger partial charge in [-0.25, -0.2) is 8.78 Å². The number of nitrogen functional groups attached to an aromatic ring is 1. The summed E-state index contributed by atoms with van der Waals surface area (Å²) in [5, 5.41) is 4.19. The SMILES string of the molecule is Cc1c(N)cnn1[C@H]1CCN(CC(F)F)C1. The fourth-order valence-corrected chi connectivity index (χ4v) is 2.18. The quantitative estimate of drug-likeness (QED) is 0.851. The van der Waals surface area contributed by atoms with Crippen molar-refractivity contribution in [3.05, 3.63) is 11.9 Å². The maximum absolute atomic E-state index is 12.2. The highest BCUT2D eigenvalue weighted by Gasteiger charge is 2.27. The summed E-state index contributed by atoms with van der Waals surface area (Å²) in [6.07, 6.45) is 0.210. The van der Waals surface area contributed by atoms with E-state index in [4.69, 9.17) is 5.73 Å². The Kier molecular flexibility index (Phi) is 3.09. The first-order chi connectivity index (χ1) is 7.58. The molecule has 0 radical (unpaired) electrons. The van der Waals surface area contributed by atoms with E-state index in [1.54, 1.807) is 11.1 Å². The van der Waals surface area contributed by atoms with Crippen molar-refractivity contribution in [1.82, 2.24) is 14.7 Å². The lowest BCUT2D eigenvalue weighted by molar-refractivity contribution is 0.0978. The summed E-state index contributed by atoms with van der Waals surface area (Å²) >= 11 is 0. The number of nitrogens with zero attached hydrogens (tertiary/aromatic N) is 3. The number of rotatable bonds is 3. The van der Waals surface area contributed by atoms with Crippen LogP contribution in [0.5, 0.6) is 0 Å². The number of halogens is 2. The minimum absolute atomic E-state index is 0.147. The molecule has 1 atom stereocenters. The molecule has 1 aromatic heterocycles. The molecule has 0 aliphatic carbocycles. The zero-order chi connectivity index (χ0) is 11.7. The van der Waals surface area contributed by atoms with Crippen molar-refractivity contribution in [2.45, 2.75) is 25.8 Å². The summed E-state index contributed by atoms with van der Waals surface area (Å²) < 4.78 is 26.3.